The number of methoxy groups -OCH3 is 1. The molecule has 1 aromatic rings. The van der Waals surface area contributed by atoms with Crippen LogP contribution in [0.3, 0.4) is 0 Å². The predicted octanol–water partition coefficient (Wildman–Crippen LogP) is 2.07. The van der Waals surface area contributed by atoms with Crippen molar-refractivity contribution in [3.8, 4) is 5.75 Å². The highest BCUT2D eigenvalue weighted by molar-refractivity contribution is 5.37. The van der Waals surface area contributed by atoms with Crippen LogP contribution in [0.5, 0.6) is 5.75 Å². The van der Waals surface area contributed by atoms with Crippen LogP contribution in [0, 0.1) is 0 Å². The maximum atomic E-state index is 5.75. The standard InChI is InChI=1S/C17H29N3O/c1-4-20-9-5-6-16(20)13-19(2)12-15-10-14(11-18)7-8-17(15)21-3/h7-8,10,16H,4-6,9,11-13,18H2,1-3H3. The zero-order valence-corrected chi connectivity index (χ0v) is 13.6. The number of likely N-dealkylation sites (tertiary alicyclic amines) is 1. The van der Waals surface area contributed by atoms with E-state index in [0.29, 0.717) is 12.6 Å². The van der Waals surface area contributed by atoms with Crippen molar-refractivity contribution in [2.24, 2.45) is 5.73 Å². The Kier molecular flexibility index (Phi) is 6.03. The van der Waals surface area contributed by atoms with E-state index in [0.717, 1.165) is 30.9 Å². The molecule has 1 fully saturated rings. The maximum absolute atomic E-state index is 5.75. The van der Waals surface area contributed by atoms with Crippen LogP contribution in [0.25, 0.3) is 0 Å². The zero-order valence-electron chi connectivity index (χ0n) is 13.6. The van der Waals surface area contributed by atoms with E-state index in [4.69, 9.17) is 10.5 Å². The average Bonchev–Trinajstić information content (AvgIpc) is 2.94. The Morgan fingerprint density at radius 2 is 2.24 bits per heavy atom. The van der Waals surface area contributed by atoms with Crippen LogP contribution >= 0.6 is 0 Å². The first-order valence-corrected chi connectivity index (χ1v) is 7.96. The summed E-state index contributed by atoms with van der Waals surface area (Å²) in [5, 5.41) is 0. The van der Waals surface area contributed by atoms with Crippen LogP contribution in [0.1, 0.15) is 30.9 Å². The van der Waals surface area contributed by atoms with Crippen molar-refractivity contribution in [3.63, 3.8) is 0 Å². The third kappa shape index (κ3) is 4.19. The molecule has 1 aromatic carbocycles. The Bertz CT molecular complexity index is 450. The highest BCUT2D eigenvalue weighted by Crippen LogP contribution is 2.23. The van der Waals surface area contributed by atoms with Crippen molar-refractivity contribution in [3.05, 3.63) is 29.3 Å². The average molecular weight is 291 g/mol. The fraction of sp³-hybridized carbons (Fsp3) is 0.647. The number of likely N-dealkylation sites (N-methyl/N-ethyl adjacent to an activating group) is 2. The molecule has 1 unspecified atom stereocenters. The first-order chi connectivity index (χ1) is 10.2. The van der Waals surface area contributed by atoms with Crippen LogP contribution < -0.4 is 10.5 Å². The van der Waals surface area contributed by atoms with E-state index >= 15 is 0 Å². The minimum Gasteiger partial charge on any atom is -0.496 e. The number of hydrogen-bond donors (Lipinski definition) is 1. The van der Waals surface area contributed by atoms with Crippen molar-refractivity contribution in [2.45, 2.75) is 38.9 Å². The molecule has 4 heteroatoms. The lowest BCUT2D eigenvalue weighted by Crippen LogP contribution is -2.38. The van der Waals surface area contributed by atoms with Gasteiger partial charge in [0.05, 0.1) is 7.11 Å². The van der Waals surface area contributed by atoms with Crippen molar-refractivity contribution in [1.82, 2.24) is 9.80 Å². The van der Waals surface area contributed by atoms with Gasteiger partial charge in [0.25, 0.3) is 0 Å². The first-order valence-electron chi connectivity index (χ1n) is 7.96. The molecule has 118 valence electrons. The molecule has 0 radical (unpaired) electrons. The molecule has 0 aliphatic carbocycles. The van der Waals surface area contributed by atoms with Gasteiger partial charge in [0, 0.05) is 31.2 Å². The van der Waals surface area contributed by atoms with E-state index < -0.39 is 0 Å². The summed E-state index contributed by atoms with van der Waals surface area (Å²) in [6.45, 7) is 7.26. The van der Waals surface area contributed by atoms with E-state index in [1.165, 1.54) is 24.9 Å². The van der Waals surface area contributed by atoms with Gasteiger partial charge in [0.1, 0.15) is 5.75 Å². The zero-order chi connectivity index (χ0) is 15.2. The van der Waals surface area contributed by atoms with Gasteiger partial charge in [-0.15, -0.1) is 0 Å². The molecule has 1 saturated heterocycles. The summed E-state index contributed by atoms with van der Waals surface area (Å²) in [5.74, 6) is 0.956. The Labute approximate surface area is 128 Å². The highest BCUT2D eigenvalue weighted by atomic mass is 16.5. The summed E-state index contributed by atoms with van der Waals surface area (Å²) in [5.41, 5.74) is 8.14. The number of rotatable bonds is 7. The van der Waals surface area contributed by atoms with Crippen molar-refractivity contribution in [1.29, 1.82) is 0 Å². The number of benzene rings is 1. The van der Waals surface area contributed by atoms with Gasteiger partial charge < -0.3 is 15.4 Å². The van der Waals surface area contributed by atoms with Crippen LogP contribution in [0.4, 0.5) is 0 Å². The van der Waals surface area contributed by atoms with Crippen molar-refractivity contribution >= 4 is 0 Å². The number of ether oxygens (including phenoxy) is 1. The van der Waals surface area contributed by atoms with Crippen LogP contribution in [0.2, 0.25) is 0 Å². The predicted molar refractivity (Wildman–Crippen MR) is 87.5 cm³/mol. The fourth-order valence-electron chi connectivity index (χ4n) is 3.32. The molecule has 0 spiro atoms. The monoisotopic (exact) mass is 291 g/mol. The van der Waals surface area contributed by atoms with Gasteiger partial charge in [-0.3, -0.25) is 4.90 Å². The van der Waals surface area contributed by atoms with Crippen molar-refractivity contribution in [2.75, 3.05) is 33.8 Å². The third-order valence-corrected chi connectivity index (χ3v) is 4.45. The summed E-state index contributed by atoms with van der Waals surface area (Å²) in [7, 11) is 3.93. The summed E-state index contributed by atoms with van der Waals surface area (Å²) in [6, 6.07) is 6.93. The minimum atomic E-state index is 0.576. The molecular weight excluding hydrogens is 262 g/mol. The minimum absolute atomic E-state index is 0.576. The second-order valence-electron chi connectivity index (χ2n) is 5.97. The van der Waals surface area contributed by atoms with Gasteiger partial charge in [-0.1, -0.05) is 13.0 Å². The van der Waals surface area contributed by atoms with Crippen LogP contribution in [0.15, 0.2) is 18.2 Å². The van der Waals surface area contributed by atoms with E-state index in [2.05, 4.69) is 29.8 Å². The molecule has 1 aliphatic rings. The van der Waals surface area contributed by atoms with Crippen LogP contribution in [-0.4, -0.2) is 49.6 Å². The second-order valence-corrected chi connectivity index (χ2v) is 5.97. The maximum Gasteiger partial charge on any atom is 0.123 e. The summed E-state index contributed by atoms with van der Waals surface area (Å²) in [4.78, 5) is 4.99. The van der Waals surface area contributed by atoms with Gasteiger partial charge >= 0.3 is 0 Å². The lowest BCUT2D eigenvalue weighted by Gasteiger charge is -2.28. The molecule has 1 atom stereocenters. The SMILES string of the molecule is CCN1CCCC1CN(C)Cc1cc(CN)ccc1OC. The largest absolute Gasteiger partial charge is 0.496 e. The normalized spacial score (nSPS) is 19.4. The van der Waals surface area contributed by atoms with E-state index in [1.807, 2.05) is 12.1 Å². The van der Waals surface area contributed by atoms with Gasteiger partial charge in [0.2, 0.25) is 0 Å². The topological polar surface area (TPSA) is 41.7 Å². The number of hydrogen-bond acceptors (Lipinski definition) is 4. The molecule has 2 N–H and O–H groups in total. The smallest absolute Gasteiger partial charge is 0.123 e. The highest BCUT2D eigenvalue weighted by Gasteiger charge is 2.24. The van der Waals surface area contributed by atoms with Gasteiger partial charge in [-0.2, -0.15) is 0 Å². The Morgan fingerprint density at radius 1 is 1.43 bits per heavy atom. The Balaban J connectivity index is 2.00. The quantitative estimate of drug-likeness (QED) is 0.835. The lowest BCUT2D eigenvalue weighted by atomic mass is 10.1. The number of nitrogens with two attached hydrogens (primary N) is 1. The molecule has 0 amide bonds. The first kappa shape index (κ1) is 16.3. The molecule has 4 nitrogen and oxygen atoms in total. The molecule has 21 heavy (non-hydrogen) atoms. The van der Waals surface area contributed by atoms with Crippen LogP contribution in [-0.2, 0) is 13.1 Å². The molecule has 0 aromatic heterocycles. The van der Waals surface area contributed by atoms with Crippen molar-refractivity contribution < 1.29 is 4.74 Å². The van der Waals surface area contributed by atoms with E-state index in [-0.39, 0.29) is 0 Å². The third-order valence-electron chi connectivity index (χ3n) is 4.45. The van der Waals surface area contributed by atoms with E-state index in [9.17, 15) is 0 Å². The van der Waals surface area contributed by atoms with Gasteiger partial charge in [-0.05, 0) is 50.7 Å². The summed E-state index contributed by atoms with van der Waals surface area (Å²) >= 11 is 0. The van der Waals surface area contributed by atoms with Gasteiger partial charge in [-0.25, -0.2) is 0 Å². The molecule has 2 rings (SSSR count). The summed E-state index contributed by atoms with van der Waals surface area (Å²) < 4.78 is 5.48. The molecular formula is C17H29N3O. The fourth-order valence-corrected chi connectivity index (χ4v) is 3.32. The lowest BCUT2D eigenvalue weighted by molar-refractivity contribution is 0.193. The molecule has 0 bridgehead atoms. The number of nitrogens with zero attached hydrogens (tertiary/aromatic N) is 2. The molecule has 1 heterocycles. The van der Waals surface area contributed by atoms with E-state index in [1.54, 1.807) is 7.11 Å². The second kappa shape index (κ2) is 7.78. The summed E-state index contributed by atoms with van der Waals surface area (Å²) in [6.07, 6.45) is 2.65. The van der Waals surface area contributed by atoms with Gasteiger partial charge in [0.15, 0.2) is 0 Å². The Morgan fingerprint density at radius 3 is 2.90 bits per heavy atom. The molecule has 0 saturated carbocycles. The Hall–Kier alpha value is -1.10. The molecule has 1 aliphatic heterocycles.